The largest absolute Gasteiger partial charge is 0.288 e. The minimum atomic E-state index is -3.48. The zero-order valence-corrected chi connectivity index (χ0v) is 9.44. The average Bonchev–Trinajstić information content (AvgIpc) is 2.27. The summed E-state index contributed by atoms with van der Waals surface area (Å²) in [7, 11) is -0.841. The molecule has 0 amide bonds. The van der Waals surface area contributed by atoms with Gasteiger partial charge in [-0.3, -0.25) is 4.84 Å². The zero-order chi connectivity index (χ0) is 11.3. The van der Waals surface area contributed by atoms with Crippen LogP contribution in [0.2, 0.25) is 0 Å². The molecule has 1 rings (SSSR count). The molecule has 1 aromatic rings. The van der Waals surface area contributed by atoms with E-state index < -0.39 is 10.0 Å². The Bertz CT molecular complexity index is 425. The Kier molecular flexibility index (Phi) is 4.02. The first-order valence-electron chi connectivity index (χ1n) is 4.32. The van der Waals surface area contributed by atoms with Gasteiger partial charge in [0.2, 0.25) is 0 Å². The Balaban J connectivity index is 2.83. The standard InChI is InChI=1S/C10H13NO3S/c1-11(14-2)15(12,13)9-8-10-6-4-3-5-7-10/h3-9H,1-2H3. The summed E-state index contributed by atoms with van der Waals surface area (Å²) in [6.07, 6.45) is 1.52. The summed E-state index contributed by atoms with van der Waals surface area (Å²) < 4.78 is 23.7. The maximum atomic E-state index is 11.4. The maximum Gasteiger partial charge on any atom is 0.257 e. The van der Waals surface area contributed by atoms with Crippen molar-refractivity contribution in [2.24, 2.45) is 0 Å². The van der Waals surface area contributed by atoms with Crippen molar-refractivity contribution >= 4 is 16.1 Å². The van der Waals surface area contributed by atoms with Crippen LogP contribution in [0, 0.1) is 0 Å². The molecule has 1 aromatic carbocycles. The van der Waals surface area contributed by atoms with Gasteiger partial charge in [-0.2, -0.15) is 0 Å². The Labute approximate surface area is 89.8 Å². The molecule has 82 valence electrons. The van der Waals surface area contributed by atoms with Crippen molar-refractivity contribution in [1.82, 2.24) is 4.47 Å². The molecule has 5 heteroatoms. The van der Waals surface area contributed by atoms with E-state index >= 15 is 0 Å². The van der Waals surface area contributed by atoms with Crippen molar-refractivity contribution in [3.63, 3.8) is 0 Å². The third kappa shape index (κ3) is 3.47. The number of hydroxylamine groups is 1. The fraction of sp³-hybridized carbons (Fsp3) is 0.200. The summed E-state index contributed by atoms with van der Waals surface area (Å²) in [5.41, 5.74) is 0.825. The predicted molar refractivity (Wildman–Crippen MR) is 59.2 cm³/mol. The highest BCUT2D eigenvalue weighted by atomic mass is 32.2. The minimum Gasteiger partial charge on any atom is -0.288 e. The lowest BCUT2D eigenvalue weighted by Gasteiger charge is -2.09. The van der Waals surface area contributed by atoms with Gasteiger partial charge in [-0.1, -0.05) is 34.8 Å². The number of sulfonamides is 1. The molecule has 0 heterocycles. The van der Waals surface area contributed by atoms with Gasteiger partial charge in [-0.25, -0.2) is 8.42 Å². The van der Waals surface area contributed by atoms with Gasteiger partial charge >= 0.3 is 0 Å². The van der Waals surface area contributed by atoms with Gasteiger partial charge in [-0.15, -0.1) is 0 Å². The summed E-state index contributed by atoms with van der Waals surface area (Å²) in [4.78, 5) is 4.60. The summed E-state index contributed by atoms with van der Waals surface area (Å²) in [5, 5.41) is 1.10. The molecule has 0 aromatic heterocycles. The van der Waals surface area contributed by atoms with Gasteiger partial charge in [0.15, 0.2) is 0 Å². The zero-order valence-electron chi connectivity index (χ0n) is 8.62. The van der Waals surface area contributed by atoms with Crippen molar-refractivity contribution in [3.8, 4) is 0 Å². The van der Waals surface area contributed by atoms with E-state index in [9.17, 15) is 8.42 Å². The van der Waals surface area contributed by atoms with Crippen molar-refractivity contribution in [3.05, 3.63) is 41.3 Å². The van der Waals surface area contributed by atoms with E-state index in [0.717, 1.165) is 15.4 Å². The van der Waals surface area contributed by atoms with Crippen molar-refractivity contribution in [2.75, 3.05) is 14.2 Å². The summed E-state index contributed by atoms with van der Waals surface area (Å²) in [5.74, 6) is 0. The fourth-order valence-corrected chi connectivity index (χ4v) is 1.63. The molecule has 0 radical (unpaired) electrons. The molecule has 0 bridgehead atoms. The lowest BCUT2D eigenvalue weighted by molar-refractivity contribution is -0.0245. The van der Waals surface area contributed by atoms with Gasteiger partial charge in [-0.05, 0) is 11.6 Å². The van der Waals surface area contributed by atoms with Crippen LogP contribution in [0.3, 0.4) is 0 Å². The van der Waals surface area contributed by atoms with Crippen LogP contribution >= 0.6 is 0 Å². The number of hydrogen-bond acceptors (Lipinski definition) is 3. The van der Waals surface area contributed by atoms with Crippen LogP contribution in [0.5, 0.6) is 0 Å². The Hall–Kier alpha value is -1.17. The molecule has 0 saturated heterocycles. The molecule has 15 heavy (non-hydrogen) atoms. The second-order valence-electron chi connectivity index (χ2n) is 2.85. The van der Waals surface area contributed by atoms with Crippen LogP contribution in [-0.2, 0) is 14.9 Å². The van der Waals surface area contributed by atoms with Crippen molar-refractivity contribution < 1.29 is 13.3 Å². The van der Waals surface area contributed by atoms with Gasteiger partial charge in [0.05, 0.1) is 7.11 Å². The summed E-state index contributed by atoms with van der Waals surface area (Å²) in [6, 6.07) is 9.18. The highest BCUT2D eigenvalue weighted by molar-refractivity contribution is 7.92. The second kappa shape index (κ2) is 5.06. The topological polar surface area (TPSA) is 46.6 Å². The normalized spacial score (nSPS) is 12.5. The van der Waals surface area contributed by atoms with E-state index in [-0.39, 0.29) is 0 Å². The molecule has 0 aliphatic rings. The predicted octanol–water partition coefficient (Wildman–Crippen LogP) is 1.48. The third-order valence-corrected chi connectivity index (χ3v) is 3.19. The molecular formula is C10H13NO3S. The number of hydrogen-bond donors (Lipinski definition) is 0. The van der Waals surface area contributed by atoms with E-state index in [4.69, 9.17) is 0 Å². The first-order chi connectivity index (χ1) is 7.06. The van der Waals surface area contributed by atoms with Gasteiger partial charge in [0.1, 0.15) is 0 Å². The molecule has 0 fully saturated rings. The van der Waals surface area contributed by atoms with E-state index in [1.54, 1.807) is 0 Å². The summed E-state index contributed by atoms with van der Waals surface area (Å²) >= 11 is 0. The first kappa shape index (κ1) is 11.9. The molecule has 0 aliphatic heterocycles. The fourth-order valence-electron chi connectivity index (χ4n) is 0.918. The lowest BCUT2D eigenvalue weighted by atomic mass is 10.2. The molecular weight excluding hydrogens is 214 g/mol. The number of benzene rings is 1. The second-order valence-corrected chi connectivity index (χ2v) is 4.67. The highest BCUT2D eigenvalue weighted by Gasteiger charge is 2.12. The molecule has 4 nitrogen and oxygen atoms in total. The SMILES string of the molecule is CON(C)S(=O)(=O)C=Cc1ccccc1. The average molecular weight is 227 g/mol. The smallest absolute Gasteiger partial charge is 0.257 e. The van der Waals surface area contributed by atoms with E-state index in [1.807, 2.05) is 30.3 Å². The van der Waals surface area contributed by atoms with Crippen LogP contribution in [0.1, 0.15) is 5.56 Å². The molecule has 0 spiro atoms. The monoisotopic (exact) mass is 227 g/mol. The van der Waals surface area contributed by atoms with Crippen LogP contribution in [-0.4, -0.2) is 27.0 Å². The number of nitrogens with zero attached hydrogens (tertiary/aromatic N) is 1. The van der Waals surface area contributed by atoms with Crippen molar-refractivity contribution in [2.45, 2.75) is 0 Å². The van der Waals surface area contributed by atoms with Crippen molar-refractivity contribution in [1.29, 1.82) is 0 Å². The Morgan fingerprint density at radius 2 is 1.87 bits per heavy atom. The van der Waals surface area contributed by atoms with Crippen LogP contribution < -0.4 is 0 Å². The number of rotatable bonds is 4. The van der Waals surface area contributed by atoms with Crippen LogP contribution in [0.25, 0.3) is 6.08 Å². The highest BCUT2D eigenvalue weighted by Crippen LogP contribution is 2.05. The van der Waals surface area contributed by atoms with Gasteiger partial charge in [0.25, 0.3) is 10.0 Å². The van der Waals surface area contributed by atoms with Gasteiger partial charge in [0, 0.05) is 12.5 Å². The Morgan fingerprint density at radius 3 is 2.40 bits per heavy atom. The lowest BCUT2D eigenvalue weighted by Crippen LogP contribution is -2.23. The Morgan fingerprint density at radius 1 is 1.27 bits per heavy atom. The van der Waals surface area contributed by atoms with Gasteiger partial charge < -0.3 is 0 Å². The van der Waals surface area contributed by atoms with E-state index in [2.05, 4.69) is 4.84 Å². The molecule has 0 aliphatic carbocycles. The molecule has 0 N–H and O–H groups in total. The third-order valence-electron chi connectivity index (χ3n) is 1.85. The quantitative estimate of drug-likeness (QED) is 0.732. The molecule has 0 atom stereocenters. The maximum absolute atomic E-state index is 11.4. The molecule has 0 saturated carbocycles. The first-order valence-corrected chi connectivity index (χ1v) is 5.83. The minimum absolute atomic E-state index is 0.798. The van der Waals surface area contributed by atoms with Crippen LogP contribution in [0.15, 0.2) is 35.7 Å². The van der Waals surface area contributed by atoms with E-state index in [1.165, 1.54) is 20.2 Å². The molecule has 0 unspecified atom stereocenters. The van der Waals surface area contributed by atoms with Crippen LogP contribution in [0.4, 0.5) is 0 Å². The van der Waals surface area contributed by atoms with E-state index in [0.29, 0.717) is 0 Å². The summed E-state index contributed by atoms with van der Waals surface area (Å²) in [6.45, 7) is 0.